The van der Waals surface area contributed by atoms with Crippen LogP contribution in [0, 0.1) is 0 Å². The molecule has 0 aliphatic heterocycles. The molecule has 0 spiro atoms. The number of sulfonamides is 1. The van der Waals surface area contributed by atoms with Crippen LogP contribution in [0.3, 0.4) is 0 Å². The minimum Gasteiger partial charge on any atom is -0.397 e. The Labute approximate surface area is 122 Å². The minimum absolute atomic E-state index is 0.00376. The first-order valence-corrected chi connectivity index (χ1v) is 8.29. The highest BCUT2D eigenvalue weighted by molar-refractivity contribution is 7.89. The molecule has 2 aromatic rings. The van der Waals surface area contributed by atoms with Gasteiger partial charge in [0.2, 0.25) is 10.0 Å². The maximum atomic E-state index is 11.7. The molecule has 0 radical (unpaired) electrons. The van der Waals surface area contributed by atoms with Crippen molar-refractivity contribution in [3.05, 3.63) is 34.8 Å². The van der Waals surface area contributed by atoms with Gasteiger partial charge < -0.3 is 11.1 Å². The molecule has 1 heterocycles. The summed E-state index contributed by atoms with van der Waals surface area (Å²) in [6.07, 6.45) is 1.74. The van der Waals surface area contributed by atoms with Crippen LogP contribution in [0.25, 0.3) is 0 Å². The Morgan fingerprint density at radius 3 is 2.70 bits per heavy atom. The molecule has 1 unspecified atom stereocenters. The fourth-order valence-electron chi connectivity index (χ4n) is 1.70. The van der Waals surface area contributed by atoms with E-state index in [4.69, 9.17) is 5.73 Å². The maximum Gasteiger partial charge on any atom is 0.240 e. The van der Waals surface area contributed by atoms with E-state index in [9.17, 15) is 8.42 Å². The molecule has 2 rings (SSSR count). The van der Waals surface area contributed by atoms with Crippen LogP contribution in [0.2, 0.25) is 0 Å². The lowest BCUT2D eigenvalue weighted by Gasteiger charge is -2.15. The third kappa shape index (κ3) is 3.09. The summed E-state index contributed by atoms with van der Waals surface area (Å²) in [4.78, 5) is 4.36. The summed E-state index contributed by atoms with van der Waals surface area (Å²) in [6.45, 7) is 1.97. The molecule has 4 N–H and O–H groups in total. The number of nitrogen functional groups attached to an aromatic ring is 1. The summed E-state index contributed by atoms with van der Waals surface area (Å²) < 4.78 is 25.6. The Morgan fingerprint density at radius 1 is 1.40 bits per heavy atom. The van der Waals surface area contributed by atoms with Crippen LogP contribution in [0.4, 0.5) is 11.4 Å². The van der Waals surface area contributed by atoms with Gasteiger partial charge in [0, 0.05) is 11.6 Å². The van der Waals surface area contributed by atoms with E-state index < -0.39 is 10.0 Å². The van der Waals surface area contributed by atoms with Crippen molar-refractivity contribution in [1.29, 1.82) is 0 Å². The summed E-state index contributed by atoms with van der Waals surface area (Å²) in [6, 6.07) is 4.61. The zero-order valence-electron chi connectivity index (χ0n) is 11.1. The van der Waals surface area contributed by atoms with E-state index in [-0.39, 0.29) is 10.9 Å². The van der Waals surface area contributed by atoms with Crippen LogP contribution in [0.5, 0.6) is 0 Å². The molecule has 1 aromatic heterocycles. The molecule has 20 heavy (non-hydrogen) atoms. The number of aromatic nitrogens is 1. The third-order valence-electron chi connectivity index (χ3n) is 2.80. The summed E-state index contributed by atoms with van der Waals surface area (Å²) in [5.74, 6) is 0. The standard InChI is InChI=1S/C12H16N4O2S2/c1-8(12-15-5-6-19-12)16-11-4-3-9(7-10(11)13)20(17,18)14-2/h3-8,14,16H,13H2,1-2H3. The Balaban J connectivity index is 2.23. The van der Waals surface area contributed by atoms with Crippen LogP contribution in [-0.2, 0) is 10.0 Å². The van der Waals surface area contributed by atoms with Crippen molar-refractivity contribution in [2.24, 2.45) is 0 Å². The number of nitrogens with one attached hydrogen (secondary N) is 2. The predicted molar refractivity (Wildman–Crippen MR) is 81.3 cm³/mol. The van der Waals surface area contributed by atoms with Crippen molar-refractivity contribution >= 4 is 32.7 Å². The highest BCUT2D eigenvalue weighted by Gasteiger charge is 2.14. The van der Waals surface area contributed by atoms with Crippen LogP contribution < -0.4 is 15.8 Å². The van der Waals surface area contributed by atoms with Crippen molar-refractivity contribution in [1.82, 2.24) is 9.71 Å². The second-order valence-corrected chi connectivity index (χ2v) is 7.01. The van der Waals surface area contributed by atoms with Crippen molar-refractivity contribution in [3.63, 3.8) is 0 Å². The normalized spacial score (nSPS) is 13.1. The molecule has 0 saturated carbocycles. The summed E-state index contributed by atoms with van der Waals surface area (Å²) in [7, 11) is -2.11. The van der Waals surface area contributed by atoms with E-state index in [2.05, 4.69) is 15.0 Å². The van der Waals surface area contributed by atoms with E-state index in [1.165, 1.54) is 19.2 Å². The fraction of sp³-hybridized carbons (Fsp3) is 0.250. The van der Waals surface area contributed by atoms with Crippen LogP contribution in [0.1, 0.15) is 18.0 Å². The second-order valence-electron chi connectivity index (χ2n) is 4.19. The van der Waals surface area contributed by atoms with Gasteiger partial charge in [0.05, 0.1) is 22.3 Å². The molecule has 0 bridgehead atoms. The molecule has 108 valence electrons. The Hall–Kier alpha value is -1.64. The van der Waals surface area contributed by atoms with Gasteiger partial charge in [-0.25, -0.2) is 18.1 Å². The van der Waals surface area contributed by atoms with Gasteiger partial charge in [0.15, 0.2) is 0 Å². The molecule has 0 fully saturated rings. The second kappa shape index (κ2) is 5.78. The molecule has 8 heteroatoms. The maximum absolute atomic E-state index is 11.7. The van der Waals surface area contributed by atoms with Crippen LogP contribution >= 0.6 is 11.3 Å². The number of nitrogens with zero attached hydrogens (tertiary/aromatic N) is 1. The van der Waals surface area contributed by atoms with Crippen molar-refractivity contribution in [3.8, 4) is 0 Å². The van der Waals surface area contributed by atoms with Crippen molar-refractivity contribution in [2.75, 3.05) is 18.1 Å². The lowest BCUT2D eigenvalue weighted by atomic mass is 10.2. The van der Waals surface area contributed by atoms with E-state index in [0.717, 1.165) is 5.01 Å². The third-order valence-corrected chi connectivity index (χ3v) is 5.17. The first-order valence-electron chi connectivity index (χ1n) is 5.93. The van der Waals surface area contributed by atoms with E-state index >= 15 is 0 Å². The molecule has 6 nitrogen and oxygen atoms in total. The largest absolute Gasteiger partial charge is 0.397 e. The molecule has 0 aliphatic rings. The summed E-state index contributed by atoms with van der Waals surface area (Å²) in [5.41, 5.74) is 6.97. The number of thiazole rings is 1. The average Bonchev–Trinajstić information content (AvgIpc) is 2.95. The van der Waals surface area contributed by atoms with Gasteiger partial charge >= 0.3 is 0 Å². The number of hydrogen-bond acceptors (Lipinski definition) is 6. The quantitative estimate of drug-likeness (QED) is 0.732. The molecular formula is C12H16N4O2S2. The molecule has 0 aliphatic carbocycles. The smallest absolute Gasteiger partial charge is 0.240 e. The lowest BCUT2D eigenvalue weighted by molar-refractivity contribution is 0.588. The number of hydrogen-bond donors (Lipinski definition) is 3. The topological polar surface area (TPSA) is 97.1 Å². The van der Waals surface area contributed by atoms with Gasteiger partial charge in [-0.1, -0.05) is 0 Å². The first kappa shape index (κ1) is 14.8. The van der Waals surface area contributed by atoms with E-state index in [1.54, 1.807) is 23.6 Å². The van der Waals surface area contributed by atoms with Crippen molar-refractivity contribution in [2.45, 2.75) is 17.9 Å². The minimum atomic E-state index is -3.48. The predicted octanol–water partition coefficient (Wildman–Crippen LogP) is 1.81. The average molecular weight is 312 g/mol. The first-order chi connectivity index (χ1) is 9.44. The van der Waals surface area contributed by atoms with Gasteiger partial charge in [-0.05, 0) is 32.2 Å². The van der Waals surface area contributed by atoms with Crippen molar-refractivity contribution < 1.29 is 8.42 Å². The number of benzene rings is 1. The Bertz CT molecular complexity index is 683. The highest BCUT2D eigenvalue weighted by Crippen LogP contribution is 2.27. The van der Waals surface area contributed by atoms with Gasteiger partial charge in [-0.3, -0.25) is 0 Å². The SMILES string of the molecule is CNS(=O)(=O)c1ccc(NC(C)c2nccs2)c(N)c1. The van der Waals surface area contributed by atoms with E-state index in [1.807, 2.05) is 12.3 Å². The Kier molecular flexibility index (Phi) is 4.26. The van der Waals surface area contributed by atoms with E-state index in [0.29, 0.717) is 11.4 Å². The summed E-state index contributed by atoms with van der Waals surface area (Å²) in [5, 5.41) is 6.06. The Morgan fingerprint density at radius 2 is 2.15 bits per heavy atom. The molecule has 0 saturated heterocycles. The van der Waals surface area contributed by atoms with Gasteiger partial charge in [0.1, 0.15) is 5.01 Å². The van der Waals surface area contributed by atoms with Gasteiger partial charge in [0.25, 0.3) is 0 Å². The lowest BCUT2D eigenvalue weighted by Crippen LogP contribution is -2.19. The van der Waals surface area contributed by atoms with Gasteiger partial charge in [-0.2, -0.15) is 0 Å². The number of rotatable bonds is 5. The molecular weight excluding hydrogens is 296 g/mol. The van der Waals surface area contributed by atoms with Crippen LogP contribution in [0.15, 0.2) is 34.7 Å². The number of anilines is 2. The molecule has 1 atom stereocenters. The number of nitrogens with two attached hydrogens (primary N) is 1. The van der Waals surface area contributed by atoms with Crippen LogP contribution in [-0.4, -0.2) is 20.4 Å². The molecule has 1 aromatic carbocycles. The fourth-order valence-corrected chi connectivity index (χ4v) is 3.11. The van der Waals surface area contributed by atoms with Gasteiger partial charge in [-0.15, -0.1) is 11.3 Å². The molecule has 0 amide bonds. The summed E-state index contributed by atoms with van der Waals surface area (Å²) >= 11 is 1.55. The zero-order valence-corrected chi connectivity index (χ0v) is 12.8. The highest BCUT2D eigenvalue weighted by atomic mass is 32.2. The monoisotopic (exact) mass is 312 g/mol. The zero-order chi connectivity index (χ0) is 14.8.